The molecule has 20 heavy (non-hydrogen) atoms. The first-order chi connectivity index (χ1) is 9.63. The first-order valence-corrected chi connectivity index (χ1v) is 6.76. The maximum Gasteiger partial charge on any atom is 0.122 e. The number of methoxy groups -OCH3 is 1. The molecule has 3 heteroatoms. The molecule has 2 rings (SSSR count). The van der Waals surface area contributed by atoms with Crippen LogP contribution in [0.5, 0.6) is 11.5 Å². The van der Waals surface area contributed by atoms with E-state index in [2.05, 4.69) is 13.0 Å². The molecule has 0 aliphatic carbocycles. The molecule has 1 unspecified atom stereocenters. The van der Waals surface area contributed by atoms with Crippen molar-refractivity contribution in [2.75, 3.05) is 13.7 Å². The Hall–Kier alpha value is -2.00. The van der Waals surface area contributed by atoms with Gasteiger partial charge in [-0.25, -0.2) is 0 Å². The molecule has 106 valence electrons. The third kappa shape index (κ3) is 3.31. The molecule has 0 saturated heterocycles. The van der Waals surface area contributed by atoms with Gasteiger partial charge in [0.2, 0.25) is 0 Å². The minimum absolute atomic E-state index is 0.173. The number of phenolic OH excluding ortho intramolecular Hbond substituents is 1. The van der Waals surface area contributed by atoms with Gasteiger partial charge in [-0.1, -0.05) is 29.8 Å². The summed E-state index contributed by atoms with van der Waals surface area (Å²) in [6.45, 7) is 2.60. The lowest BCUT2D eigenvalue weighted by atomic mass is 9.90. The first-order valence-electron chi connectivity index (χ1n) is 6.76. The molecule has 0 heterocycles. The summed E-state index contributed by atoms with van der Waals surface area (Å²) in [6.07, 6.45) is 0.782. The molecule has 0 aliphatic rings. The normalized spacial score (nSPS) is 12.2. The molecule has 3 nitrogen and oxygen atoms in total. The Morgan fingerprint density at radius 1 is 1.20 bits per heavy atom. The van der Waals surface area contributed by atoms with Gasteiger partial charge in [-0.3, -0.25) is 0 Å². The summed E-state index contributed by atoms with van der Waals surface area (Å²) in [5, 5.41) is 9.56. The minimum Gasteiger partial charge on any atom is -0.508 e. The van der Waals surface area contributed by atoms with E-state index in [1.54, 1.807) is 19.2 Å². The molecular formula is C17H21NO2. The Bertz CT molecular complexity index is 581. The Labute approximate surface area is 120 Å². The number of rotatable bonds is 5. The molecule has 0 saturated carbocycles. The molecule has 3 N–H and O–H groups in total. The van der Waals surface area contributed by atoms with Gasteiger partial charge in [0.15, 0.2) is 0 Å². The summed E-state index contributed by atoms with van der Waals surface area (Å²) >= 11 is 0. The van der Waals surface area contributed by atoms with Gasteiger partial charge in [0, 0.05) is 5.92 Å². The SMILES string of the molecule is COc1ccc(C)cc1C(CN)Cc1cccc(O)c1. The van der Waals surface area contributed by atoms with Crippen molar-refractivity contribution in [2.24, 2.45) is 5.73 Å². The highest BCUT2D eigenvalue weighted by Gasteiger charge is 2.16. The zero-order valence-electron chi connectivity index (χ0n) is 12.0. The number of hydrogen-bond acceptors (Lipinski definition) is 3. The topological polar surface area (TPSA) is 55.5 Å². The predicted molar refractivity (Wildman–Crippen MR) is 81.3 cm³/mol. The molecule has 0 fully saturated rings. The third-order valence-electron chi connectivity index (χ3n) is 3.50. The maximum absolute atomic E-state index is 9.56. The second-order valence-electron chi connectivity index (χ2n) is 5.05. The molecular weight excluding hydrogens is 250 g/mol. The first kappa shape index (κ1) is 14.4. The van der Waals surface area contributed by atoms with Gasteiger partial charge in [-0.2, -0.15) is 0 Å². The number of hydrogen-bond donors (Lipinski definition) is 2. The van der Waals surface area contributed by atoms with E-state index < -0.39 is 0 Å². The van der Waals surface area contributed by atoms with Gasteiger partial charge in [0.05, 0.1) is 7.11 Å². The average Bonchev–Trinajstić information content (AvgIpc) is 2.45. The maximum atomic E-state index is 9.56. The van der Waals surface area contributed by atoms with Crippen LogP contribution in [0.15, 0.2) is 42.5 Å². The fraction of sp³-hybridized carbons (Fsp3) is 0.294. The monoisotopic (exact) mass is 271 g/mol. The molecule has 0 spiro atoms. The van der Waals surface area contributed by atoms with Crippen LogP contribution in [0.1, 0.15) is 22.6 Å². The van der Waals surface area contributed by atoms with E-state index in [4.69, 9.17) is 10.5 Å². The summed E-state index contributed by atoms with van der Waals surface area (Å²) in [5.41, 5.74) is 9.33. The van der Waals surface area contributed by atoms with E-state index in [1.807, 2.05) is 24.3 Å². The number of ether oxygens (including phenoxy) is 1. The van der Waals surface area contributed by atoms with Gasteiger partial charge in [-0.05, 0) is 49.2 Å². The van der Waals surface area contributed by atoms with Crippen molar-refractivity contribution < 1.29 is 9.84 Å². The van der Waals surface area contributed by atoms with Gasteiger partial charge < -0.3 is 15.6 Å². The lowest BCUT2D eigenvalue weighted by Gasteiger charge is -2.19. The Morgan fingerprint density at radius 3 is 2.65 bits per heavy atom. The largest absolute Gasteiger partial charge is 0.508 e. The highest BCUT2D eigenvalue weighted by molar-refractivity contribution is 5.41. The van der Waals surface area contributed by atoms with E-state index in [1.165, 1.54) is 5.56 Å². The zero-order valence-corrected chi connectivity index (χ0v) is 12.0. The molecule has 2 aromatic carbocycles. The van der Waals surface area contributed by atoms with Crippen LogP contribution in [0.4, 0.5) is 0 Å². The van der Waals surface area contributed by atoms with Crippen molar-refractivity contribution in [1.82, 2.24) is 0 Å². The summed E-state index contributed by atoms with van der Waals surface area (Å²) < 4.78 is 5.44. The van der Waals surface area contributed by atoms with Crippen molar-refractivity contribution in [3.63, 3.8) is 0 Å². The molecule has 0 bridgehead atoms. The predicted octanol–water partition coefficient (Wildman–Crippen LogP) is 2.99. The standard InChI is InChI=1S/C17H21NO2/c1-12-6-7-17(20-2)16(8-12)14(11-18)9-13-4-3-5-15(19)10-13/h3-8,10,14,19H,9,11,18H2,1-2H3. The highest BCUT2D eigenvalue weighted by atomic mass is 16.5. The van der Waals surface area contributed by atoms with E-state index >= 15 is 0 Å². The van der Waals surface area contributed by atoms with Crippen molar-refractivity contribution >= 4 is 0 Å². The van der Waals surface area contributed by atoms with Crippen molar-refractivity contribution in [3.05, 3.63) is 59.2 Å². The number of phenols is 1. The van der Waals surface area contributed by atoms with Gasteiger partial charge >= 0.3 is 0 Å². The Kier molecular flexibility index (Phi) is 4.64. The lowest BCUT2D eigenvalue weighted by Crippen LogP contribution is -2.16. The van der Waals surface area contributed by atoms with E-state index in [0.717, 1.165) is 23.3 Å². The minimum atomic E-state index is 0.173. The fourth-order valence-electron chi connectivity index (χ4n) is 2.46. The summed E-state index contributed by atoms with van der Waals surface area (Å²) in [6, 6.07) is 13.5. The average molecular weight is 271 g/mol. The van der Waals surface area contributed by atoms with E-state index in [9.17, 15) is 5.11 Å². The smallest absolute Gasteiger partial charge is 0.122 e. The Morgan fingerprint density at radius 2 is 2.00 bits per heavy atom. The van der Waals surface area contributed by atoms with Crippen LogP contribution in [0.2, 0.25) is 0 Å². The van der Waals surface area contributed by atoms with Crippen LogP contribution in [-0.4, -0.2) is 18.8 Å². The quantitative estimate of drug-likeness (QED) is 0.879. The second kappa shape index (κ2) is 6.44. The van der Waals surface area contributed by atoms with Crippen LogP contribution in [0, 0.1) is 6.92 Å². The fourth-order valence-corrected chi connectivity index (χ4v) is 2.46. The molecule has 0 aliphatic heterocycles. The van der Waals surface area contributed by atoms with Gasteiger partial charge in [0.25, 0.3) is 0 Å². The van der Waals surface area contributed by atoms with Crippen molar-refractivity contribution in [2.45, 2.75) is 19.3 Å². The Balaban J connectivity index is 2.30. The van der Waals surface area contributed by atoms with Crippen LogP contribution < -0.4 is 10.5 Å². The zero-order chi connectivity index (χ0) is 14.5. The van der Waals surface area contributed by atoms with Crippen LogP contribution in [0.25, 0.3) is 0 Å². The third-order valence-corrected chi connectivity index (χ3v) is 3.50. The van der Waals surface area contributed by atoms with Crippen LogP contribution in [-0.2, 0) is 6.42 Å². The molecule has 0 radical (unpaired) electrons. The summed E-state index contributed by atoms with van der Waals surface area (Å²) in [7, 11) is 1.68. The summed E-state index contributed by atoms with van der Waals surface area (Å²) in [4.78, 5) is 0. The molecule has 2 aromatic rings. The lowest BCUT2D eigenvalue weighted by molar-refractivity contribution is 0.405. The van der Waals surface area contributed by atoms with Crippen molar-refractivity contribution in [3.8, 4) is 11.5 Å². The van der Waals surface area contributed by atoms with E-state index in [0.29, 0.717) is 6.54 Å². The molecule has 1 atom stereocenters. The van der Waals surface area contributed by atoms with Crippen molar-refractivity contribution in [1.29, 1.82) is 0 Å². The number of benzene rings is 2. The number of nitrogens with two attached hydrogens (primary N) is 1. The number of aromatic hydroxyl groups is 1. The summed E-state index contributed by atoms with van der Waals surface area (Å²) in [5.74, 6) is 1.33. The number of aryl methyl sites for hydroxylation is 1. The van der Waals surface area contributed by atoms with Gasteiger partial charge in [0.1, 0.15) is 11.5 Å². The van der Waals surface area contributed by atoms with Crippen LogP contribution in [0.3, 0.4) is 0 Å². The molecule has 0 aromatic heterocycles. The van der Waals surface area contributed by atoms with E-state index in [-0.39, 0.29) is 11.7 Å². The highest BCUT2D eigenvalue weighted by Crippen LogP contribution is 2.30. The van der Waals surface area contributed by atoms with Crippen LogP contribution >= 0.6 is 0 Å². The second-order valence-corrected chi connectivity index (χ2v) is 5.05. The molecule has 0 amide bonds. The van der Waals surface area contributed by atoms with Gasteiger partial charge in [-0.15, -0.1) is 0 Å².